The van der Waals surface area contributed by atoms with E-state index in [2.05, 4.69) is 36.3 Å². The van der Waals surface area contributed by atoms with E-state index in [1.165, 1.54) is 0 Å². The van der Waals surface area contributed by atoms with E-state index in [1.807, 2.05) is 0 Å². The van der Waals surface area contributed by atoms with Gasteiger partial charge in [0.2, 0.25) is 17.8 Å². The van der Waals surface area contributed by atoms with Crippen LogP contribution in [0.15, 0.2) is 11.8 Å². The normalized spacial score (nSPS) is 22.1. The van der Waals surface area contributed by atoms with Crippen LogP contribution in [0.3, 0.4) is 0 Å². The van der Waals surface area contributed by atoms with Crippen molar-refractivity contribution in [3.8, 4) is 0 Å². The van der Waals surface area contributed by atoms with Gasteiger partial charge in [0.15, 0.2) is 5.65 Å². The molecule has 3 fully saturated rings. The van der Waals surface area contributed by atoms with Crippen LogP contribution in [0.2, 0.25) is 0 Å². The van der Waals surface area contributed by atoms with E-state index >= 15 is 0 Å². The minimum absolute atomic E-state index is 0.0780. The zero-order chi connectivity index (χ0) is 19.1. The van der Waals surface area contributed by atoms with Gasteiger partial charge in [-0.15, -0.1) is 0 Å². The summed E-state index contributed by atoms with van der Waals surface area (Å²) in [6.07, 6.45) is 7.67. The summed E-state index contributed by atoms with van der Waals surface area (Å²) in [6, 6.07) is 0.731. The number of nitrogens with one attached hydrogen (secondary N) is 4. The highest BCUT2D eigenvalue weighted by Crippen LogP contribution is 2.26. The van der Waals surface area contributed by atoms with Gasteiger partial charge in [-0.25, -0.2) is 0 Å². The van der Waals surface area contributed by atoms with Crippen molar-refractivity contribution in [2.75, 3.05) is 23.7 Å². The van der Waals surface area contributed by atoms with Crippen LogP contribution in [0.5, 0.6) is 0 Å². The fraction of sp³-hybridized carbons (Fsp3) is 0.500. The van der Waals surface area contributed by atoms with Crippen molar-refractivity contribution in [3.05, 3.63) is 17.3 Å². The van der Waals surface area contributed by atoms with E-state index in [0.29, 0.717) is 40.8 Å². The fourth-order valence-electron chi connectivity index (χ4n) is 3.52. The van der Waals surface area contributed by atoms with Gasteiger partial charge in [0.25, 0.3) is 5.91 Å². The van der Waals surface area contributed by atoms with Gasteiger partial charge >= 0.3 is 0 Å². The number of hydrogen-bond donors (Lipinski definition) is 4. The number of imide groups is 1. The minimum Gasteiger partial charge on any atom is -0.351 e. The smallest absolute Gasteiger partial charge is 0.254 e. The molecule has 3 aliphatic rings. The molecule has 5 rings (SSSR count). The molecule has 1 aliphatic carbocycles. The van der Waals surface area contributed by atoms with E-state index in [1.54, 1.807) is 16.8 Å². The lowest BCUT2D eigenvalue weighted by Gasteiger charge is -2.23. The number of piperidine rings is 1. The van der Waals surface area contributed by atoms with Crippen LogP contribution in [-0.2, 0) is 9.59 Å². The number of hydrogen-bond acceptors (Lipinski definition) is 8. The summed E-state index contributed by atoms with van der Waals surface area (Å²) >= 11 is 0. The summed E-state index contributed by atoms with van der Waals surface area (Å²) in [5.41, 5.74) is 1.71. The summed E-state index contributed by atoms with van der Waals surface area (Å²) in [7, 11) is 0. The monoisotopic (exact) mass is 382 g/mol. The number of amides is 2. The first-order chi connectivity index (χ1) is 13.7. The molecule has 2 saturated heterocycles. The molecule has 2 amide bonds. The van der Waals surface area contributed by atoms with Crippen molar-refractivity contribution in [1.29, 1.82) is 0 Å². The molecule has 0 aromatic carbocycles. The predicted molar refractivity (Wildman–Crippen MR) is 103 cm³/mol. The molecule has 4 N–H and O–H groups in total. The van der Waals surface area contributed by atoms with Crippen molar-refractivity contribution >= 4 is 35.4 Å². The van der Waals surface area contributed by atoms with Crippen molar-refractivity contribution in [2.45, 2.75) is 44.2 Å². The Kier molecular flexibility index (Phi) is 4.19. The molecule has 2 aromatic heterocycles. The molecule has 0 radical (unpaired) electrons. The molecule has 10 nitrogen and oxygen atoms in total. The van der Waals surface area contributed by atoms with Gasteiger partial charge in [-0.05, 0) is 44.8 Å². The highest BCUT2D eigenvalue weighted by atomic mass is 16.2. The van der Waals surface area contributed by atoms with Crippen LogP contribution in [0.4, 0.5) is 11.9 Å². The largest absolute Gasteiger partial charge is 0.351 e. The van der Waals surface area contributed by atoms with Gasteiger partial charge in [-0.2, -0.15) is 19.6 Å². The Morgan fingerprint density at radius 2 is 1.86 bits per heavy atom. The standard InChI is InChI=1S/C18H22N8O2/c27-14-8-10(16(28)23-14)7-11-9-20-26-15(11)24-17(21-13-3-5-19-6-4-13)25-18(26)22-12-1-2-12/h7,9,12-13,19H,1-6,8H2,(H,23,27,28)(H2,21,22,24,25)/b10-7+. The average Bonchev–Trinajstić information content (AvgIpc) is 3.32. The number of aromatic nitrogens is 4. The molecule has 1 saturated carbocycles. The molecule has 10 heteroatoms. The number of rotatable bonds is 5. The Morgan fingerprint density at radius 3 is 2.57 bits per heavy atom. The molecular weight excluding hydrogens is 360 g/mol. The lowest BCUT2D eigenvalue weighted by molar-refractivity contribution is -0.124. The zero-order valence-corrected chi connectivity index (χ0v) is 15.4. The van der Waals surface area contributed by atoms with Crippen molar-refractivity contribution in [2.24, 2.45) is 0 Å². The van der Waals surface area contributed by atoms with Gasteiger partial charge in [0.1, 0.15) is 0 Å². The molecule has 2 aromatic rings. The number of carbonyl (C=O) groups is 2. The predicted octanol–water partition coefficient (Wildman–Crippen LogP) is 0.292. The number of anilines is 2. The summed E-state index contributed by atoms with van der Waals surface area (Å²) < 4.78 is 1.66. The number of fused-ring (bicyclic) bond motifs is 1. The van der Waals surface area contributed by atoms with E-state index in [-0.39, 0.29) is 18.2 Å². The molecule has 146 valence electrons. The second kappa shape index (κ2) is 6.86. The van der Waals surface area contributed by atoms with Crippen LogP contribution < -0.4 is 21.3 Å². The molecule has 28 heavy (non-hydrogen) atoms. The Bertz CT molecular complexity index is 971. The minimum atomic E-state index is -0.359. The van der Waals surface area contributed by atoms with E-state index in [9.17, 15) is 9.59 Å². The number of carbonyl (C=O) groups excluding carboxylic acids is 2. The molecule has 2 aliphatic heterocycles. The third kappa shape index (κ3) is 3.42. The third-order valence-corrected chi connectivity index (χ3v) is 5.20. The molecule has 4 heterocycles. The summed E-state index contributed by atoms with van der Waals surface area (Å²) in [6.45, 7) is 1.94. The lowest BCUT2D eigenvalue weighted by atomic mass is 10.1. The quantitative estimate of drug-likeness (QED) is 0.430. The number of nitrogens with zero attached hydrogens (tertiary/aromatic N) is 4. The Hall–Kier alpha value is -3.01. The van der Waals surface area contributed by atoms with E-state index in [0.717, 1.165) is 38.8 Å². The summed E-state index contributed by atoms with van der Waals surface area (Å²) in [5, 5.41) is 16.9. The summed E-state index contributed by atoms with van der Waals surface area (Å²) in [5.74, 6) is 0.546. The second-order valence-electron chi connectivity index (χ2n) is 7.52. The molecule has 0 atom stereocenters. The fourth-order valence-corrected chi connectivity index (χ4v) is 3.52. The Balaban J connectivity index is 1.52. The average molecular weight is 382 g/mol. The summed E-state index contributed by atoms with van der Waals surface area (Å²) in [4.78, 5) is 32.7. The first-order valence-electron chi connectivity index (χ1n) is 9.70. The van der Waals surface area contributed by atoms with Gasteiger partial charge in [0, 0.05) is 23.2 Å². The van der Waals surface area contributed by atoms with Crippen molar-refractivity contribution in [1.82, 2.24) is 30.2 Å². The van der Waals surface area contributed by atoms with Crippen LogP contribution in [0.1, 0.15) is 37.7 Å². The molecular formula is C18H22N8O2. The maximum Gasteiger partial charge on any atom is 0.254 e. The second-order valence-corrected chi connectivity index (χ2v) is 7.52. The van der Waals surface area contributed by atoms with Crippen molar-refractivity contribution < 1.29 is 9.59 Å². The zero-order valence-electron chi connectivity index (χ0n) is 15.4. The SMILES string of the molecule is O=C1C/C(=C\c2cnn3c(NC4CC4)nc(NC4CCNCC4)nc23)C(=O)N1. The Labute approximate surface area is 161 Å². The lowest BCUT2D eigenvalue weighted by Crippen LogP contribution is -2.35. The highest BCUT2D eigenvalue weighted by Gasteiger charge is 2.26. The van der Waals surface area contributed by atoms with Crippen LogP contribution in [0, 0.1) is 0 Å². The van der Waals surface area contributed by atoms with E-state index in [4.69, 9.17) is 0 Å². The van der Waals surface area contributed by atoms with Gasteiger partial charge in [0.05, 0.1) is 12.6 Å². The topological polar surface area (TPSA) is 125 Å². The molecule has 0 bridgehead atoms. The van der Waals surface area contributed by atoms with Gasteiger partial charge < -0.3 is 16.0 Å². The maximum absolute atomic E-state index is 11.9. The van der Waals surface area contributed by atoms with Crippen LogP contribution in [-0.4, -0.2) is 56.6 Å². The Morgan fingerprint density at radius 1 is 1.07 bits per heavy atom. The highest BCUT2D eigenvalue weighted by molar-refractivity contribution is 6.15. The van der Waals surface area contributed by atoms with Gasteiger partial charge in [-0.1, -0.05) is 0 Å². The van der Waals surface area contributed by atoms with Crippen molar-refractivity contribution in [3.63, 3.8) is 0 Å². The van der Waals surface area contributed by atoms with Gasteiger partial charge in [-0.3, -0.25) is 14.9 Å². The maximum atomic E-state index is 11.9. The third-order valence-electron chi connectivity index (χ3n) is 5.20. The molecule has 0 unspecified atom stereocenters. The van der Waals surface area contributed by atoms with Crippen LogP contribution in [0.25, 0.3) is 11.7 Å². The molecule has 0 spiro atoms. The first-order valence-corrected chi connectivity index (χ1v) is 9.70. The van der Waals surface area contributed by atoms with Crippen LogP contribution >= 0.6 is 0 Å². The first kappa shape index (κ1) is 17.1. The van der Waals surface area contributed by atoms with E-state index < -0.39 is 0 Å².